The maximum Gasteiger partial charge on any atom is 0.243 e. The Kier molecular flexibility index (Phi) is 4.71. The predicted molar refractivity (Wildman–Crippen MR) is 76.4 cm³/mol. The number of nitrogens with zero attached hydrogens (tertiary/aromatic N) is 2. The topological polar surface area (TPSA) is 90.0 Å². The van der Waals surface area contributed by atoms with E-state index in [1.165, 1.54) is 12.1 Å². The minimum Gasteiger partial charge on any atom is -0.326 e. The average molecular weight is 312 g/mol. The maximum atomic E-state index is 13.8. The summed E-state index contributed by atoms with van der Waals surface area (Å²) in [4.78, 5) is -0.370. The zero-order valence-corrected chi connectivity index (χ0v) is 12.4. The molecule has 2 rings (SSSR count). The van der Waals surface area contributed by atoms with Gasteiger partial charge in [-0.05, 0) is 29.7 Å². The number of aromatic nitrogens is 2. The van der Waals surface area contributed by atoms with Crippen LogP contribution in [0.5, 0.6) is 0 Å². The van der Waals surface area contributed by atoms with Gasteiger partial charge < -0.3 is 5.73 Å². The summed E-state index contributed by atoms with van der Waals surface area (Å²) < 4.78 is 41.9. The third-order valence-electron chi connectivity index (χ3n) is 2.99. The van der Waals surface area contributed by atoms with Gasteiger partial charge in [0, 0.05) is 26.3 Å². The summed E-state index contributed by atoms with van der Waals surface area (Å²) in [7, 11) is -2.09. The van der Waals surface area contributed by atoms with Gasteiger partial charge in [0.05, 0.1) is 6.20 Å². The van der Waals surface area contributed by atoms with Crippen molar-refractivity contribution in [3.8, 4) is 0 Å². The average Bonchev–Trinajstić information content (AvgIpc) is 2.83. The second kappa shape index (κ2) is 6.33. The van der Waals surface area contributed by atoms with E-state index >= 15 is 0 Å². The van der Waals surface area contributed by atoms with Crippen LogP contribution in [0.4, 0.5) is 4.39 Å². The molecule has 0 bridgehead atoms. The molecule has 0 amide bonds. The Morgan fingerprint density at radius 1 is 1.38 bits per heavy atom. The van der Waals surface area contributed by atoms with Gasteiger partial charge in [-0.3, -0.25) is 4.68 Å². The molecule has 0 unspecified atom stereocenters. The molecule has 0 spiro atoms. The van der Waals surface area contributed by atoms with Crippen LogP contribution in [-0.4, -0.2) is 24.7 Å². The molecule has 114 valence electrons. The van der Waals surface area contributed by atoms with Crippen LogP contribution in [0.2, 0.25) is 0 Å². The Morgan fingerprint density at radius 3 is 2.71 bits per heavy atom. The van der Waals surface area contributed by atoms with Gasteiger partial charge in [-0.25, -0.2) is 17.5 Å². The van der Waals surface area contributed by atoms with Crippen LogP contribution in [-0.2, 0) is 30.0 Å². The van der Waals surface area contributed by atoms with Crippen molar-refractivity contribution in [3.05, 3.63) is 47.5 Å². The van der Waals surface area contributed by atoms with E-state index < -0.39 is 15.8 Å². The maximum absolute atomic E-state index is 13.8. The number of hydrogen-bond donors (Lipinski definition) is 2. The molecule has 0 aliphatic rings. The number of benzene rings is 1. The van der Waals surface area contributed by atoms with Crippen molar-refractivity contribution in [2.45, 2.75) is 17.9 Å². The van der Waals surface area contributed by atoms with Crippen molar-refractivity contribution >= 4 is 10.0 Å². The highest BCUT2D eigenvalue weighted by Gasteiger charge is 2.18. The Bertz CT molecular complexity index is 728. The van der Waals surface area contributed by atoms with Gasteiger partial charge >= 0.3 is 0 Å². The van der Waals surface area contributed by atoms with Crippen molar-refractivity contribution in [2.75, 3.05) is 6.54 Å². The largest absolute Gasteiger partial charge is 0.326 e. The van der Waals surface area contributed by atoms with Crippen molar-refractivity contribution in [1.82, 2.24) is 14.5 Å². The summed E-state index contributed by atoms with van der Waals surface area (Å²) in [6, 6.07) is 3.86. The molecular weight excluding hydrogens is 295 g/mol. The number of halogens is 1. The van der Waals surface area contributed by atoms with Gasteiger partial charge in [-0.2, -0.15) is 5.10 Å². The van der Waals surface area contributed by atoms with Crippen LogP contribution in [0, 0.1) is 5.82 Å². The molecule has 0 aliphatic heterocycles. The second-order valence-corrected chi connectivity index (χ2v) is 6.37. The Morgan fingerprint density at radius 2 is 2.14 bits per heavy atom. The van der Waals surface area contributed by atoms with Crippen LogP contribution in [0.1, 0.15) is 11.1 Å². The van der Waals surface area contributed by atoms with Crippen LogP contribution < -0.4 is 10.5 Å². The van der Waals surface area contributed by atoms with E-state index in [2.05, 4.69) is 9.82 Å². The molecule has 1 heterocycles. The van der Waals surface area contributed by atoms with E-state index in [-0.39, 0.29) is 18.0 Å². The van der Waals surface area contributed by atoms with Crippen molar-refractivity contribution in [3.63, 3.8) is 0 Å². The van der Waals surface area contributed by atoms with E-state index in [9.17, 15) is 12.8 Å². The number of sulfonamides is 1. The van der Waals surface area contributed by atoms with Crippen molar-refractivity contribution in [2.24, 2.45) is 12.8 Å². The Hall–Kier alpha value is -1.77. The van der Waals surface area contributed by atoms with Gasteiger partial charge in [0.25, 0.3) is 0 Å². The Balaban J connectivity index is 2.04. The lowest BCUT2D eigenvalue weighted by Crippen LogP contribution is -2.26. The van der Waals surface area contributed by atoms with Crippen LogP contribution in [0.3, 0.4) is 0 Å². The van der Waals surface area contributed by atoms with Gasteiger partial charge in [0.2, 0.25) is 10.0 Å². The first-order chi connectivity index (χ1) is 9.92. The molecule has 0 fully saturated rings. The fraction of sp³-hybridized carbons (Fsp3) is 0.308. The fourth-order valence-electron chi connectivity index (χ4n) is 1.90. The molecule has 0 atom stereocenters. The summed E-state index contributed by atoms with van der Waals surface area (Å²) in [5.41, 5.74) is 6.83. The molecule has 6 nitrogen and oxygen atoms in total. The monoisotopic (exact) mass is 312 g/mol. The summed E-state index contributed by atoms with van der Waals surface area (Å²) in [5.74, 6) is -0.799. The first-order valence-electron chi connectivity index (χ1n) is 6.38. The third kappa shape index (κ3) is 3.87. The lowest BCUT2D eigenvalue weighted by Gasteiger charge is -2.08. The summed E-state index contributed by atoms with van der Waals surface area (Å²) in [6.07, 6.45) is 3.94. The van der Waals surface area contributed by atoms with Gasteiger partial charge in [-0.15, -0.1) is 0 Å². The number of nitrogens with two attached hydrogens (primary N) is 1. The molecule has 1 aromatic heterocycles. The molecular formula is C13H17FN4O2S. The number of aryl methyl sites for hydroxylation is 1. The highest BCUT2D eigenvalue weighted by atomic mass is 32.2. The molecule has 1 aromatic carbocycles. The van der Waals surface area contributed by atoms with Gasteiger partial charge in [-0.1, -0.05) is 6.07 Å². The smallest absolute Gasteiger partial charge is 0.243 e. The summed E-state index contributed by atoms with van der Waals surface area (Å²) >= 11 is 0. The molecule has 8 heteroatoms. The molecule has 21 heavy (non-hydrogen) atoms. The van der Waals surface area contributed by atoms with E-state index in [1.807, 2.05) is 0 Å². The normalized spacial score (nSPS) is 11.8. The minimum absolute atomic E-state index is 0.158. The quantitative estimate of drug-likeness (QED) is 0.814. The lowest BCUT2D eigenvalue weighted by atomic mass is 10.2. The second-order valence-electron chi connectivity index (χ2n) is 4.64. The van der Waals surface area contributed by atoms with E-state index in [0.29, 0.717) is 12.0 Å². The van der Waals surface area contributed by atoms with Crippen LogP contribution >= 0.6 is 0 Å². The fourth-order valence-corrected chi connectivity index (χ4v) is 2.99. The number of nitrogens with one attached hydrogen (secondary N) is 1. The molecule has 3 N–H and O–H groups in total. The first kappa shape index (κ1) is 15.6. The predicted octanol–water partition coefficient (Wildman–Crippen LogP) is 0.539. The van der Waals surface area contributed by atoms with E-state index in [4.69, 9.17) is 5.73 Å². The minimum atomic E-state index is -3.87. The third-order valence-corrected chi connectivity index (χ3v) is 4.48. The van der Waals surface area contributed by atoms with Crippen molar-refractivity contribution in [1.29, 1.82) is 0 Å². The van der Waals surface area contributed by atoms with E-state index in [0.717, 1.165) is 11.6 Å². The molecule has 0 aliphatic carbocycles. The highest BCUT2D eigenvalue weighted by molar-refractivity contribution is 7.89. The lowest BCUT2D eigenvalue weighted by molar-refractivity contribution is 0.556. The standard InChI is InChI=1S/C13H17FN4O2S/c1-18-9-11(8-16-18)4-5-17-21(19,20)13-3-2-10(7-15)6-12(13)14/h2-3,6,8-9,17H,4-5,7,15H2,1H3. The number of rotatable bonds is 6. The van der Waals surface area contributed by atoms with Crippen LogP contribution in [0.15, 0.2) is 35.5 Å². The zero-order chi connectivity index (χ0) is 15.5. The van der Waals surface area contributed by atoms with E-state index in [1.54, 1.807) is 24.1 Å². The highest BCUT2D eigenvalue weighted by Crippen LogP contribution is 2.15. The van der Waals surface area contributed by atoms with Crippen LogP contribution in [0.25, 0.3) is 0 Å². The Labute approximate surface area is 122 Å². The molecule has 0 saturated carbocycles. The summed E-state index contributed by atoms with van der Waals surface area (Å²) in [5, 5.41) is 3.99. The number of hydrogen-bond acceptors (Lipinski definition) is 4. The van der Waals surface area contributed by atoms with Crippen molar-refractivity contribution < 1.29 is 12.8 Å². The first-order valence-corrected chi connectivity index (χ1v) is 7.86. The SMILES string of the molecule is Cn1cc(CCNS(=O)(=O)c2ccc(CN)cc2F)cn1. The summed E-state index contributed by atoms with van der Waals surface area (Å²) in [6.45, 7) is 0.331. The van der Waals surface area contributed by atoms with Gasteiger partial charge in [0.1, 0.15) is 10.7 Å². The molecule has 2 aromatic rings. The molecule has 0 radical (unpaired) electrons. The zero-order valence-electron chi connectivity index (χ0n) is 11.6. The van der Waals surface area contributed by atoms with Gasteiger partial charge in [0.15, 0.2) is 0 Å². The molecule has 0 saturated heterocycles.